The molecular formula is C94H94F16O14S6. The van der Waals surface area contributed by atoms with Gasteiger partial charge in [0.15, 0.2) is 64.3 Å². The summed E-state index contributed by atoms with van der Waals surface area (Å²) in [5, 5.41) is -11.5. The summed E-state index contributed by atoms with van der Waals surface area (Å²) in [5.41, 5.74) is -6.10. The summed E-state index contributed by atoms with van der Waals surface area (Å²) in [6.07, 6.45) is -26.9. The highest BCUT2D eigenvalue weighted by Gasteiger charge is 2.76. The zero-order valence-electron chi connectivity index (χ0n) is 70.8. The van der Waals surface area contributed by atoms with Crippen LogP contribution < -0.4 is 4.74 Å². The quantitative estimate of drug-likeness (QED) is 0.0282. The van der Waals surface area contributed by atoms with Crippen molar-refractivity contribution in [3.63, 3.8) is 0 Å². The van der Waals surface area contributed by atoms with Gasteiger partial charge in [0.25, 0.3) is 12.2 Å². The van der Waals surface area contributed by atoms with E-state index in [0.29, 0.717) is 4.90 Å². The summed E-state index contributed by atoms with van der Waals surface area (Å²) in [5.74, 6) is -6.31. The molecule has 8 aliphatic carbocycles. The van der Waals surface area contributed by atoms with Gasteiger partial charge in [0.2, 0.25) is 0 Å². The van der Waals surface area contributed by atoms with E-state index in [2.05, 4.69) is 238 Å². The molecule has 2 atom stereocenters. The molecule has 0 radical (unpaired) electrons. The molecule has 0 aromatic heterocycles. The van der Waals surface area contributed by atoms with Gasteiger partial charge < -0.3 is 27.9 Å². The fraction of sp³-hybridized carbons (Fsp3) is 0.404. The van der Waals surface area contributed by atoms with Gasteiger partial charge in [-0.15, -0.1) is 0 Å². The summed E-state index contributed by atoms with van der Waals surface area (Å²) >= 11 is 0. The number of carbonyl (C=O) groups is 2. The van der Waals surface area contributed by atoms with Crippen molar-refractivity contribution in [3.8, 4) is 5.75 Å². The van der Waals surface area contributed by atoms with E-state index in [1.807, 2.05) is 48.5 Å². The molecule has 8 bridgehead atoms. The van der Waals surface area contributed by atoms with E-state index >= 15 is 0 Å². The van der Waals surface area contributed by atoms with Crippen LogP contribution in [0.3, 0.4) is 0 Å². The molecule has 8 aliphatic rings. The highest BCUT2D eigenvalue weighted by atomic mass is 32.2. The Kier molecular flexibility index (Phi) is 31.0. The first-order valence-corrected chi connectivity index (χ1v) is 49.2. The fourth-order valence-corrected chi connectivity index (χ4v) is 26.4. The van der Waals surface area contributed by atoms with Gasteiger partial charge in [-0.05, 0) is 256 Å². The first kappa shape index (κ1) is 102. The number of ether oxygens (including phenoxy) is 3. The number of esters is 2. The Morgan fingerprint density at radius 3 is 0.777 bits per heavy atom. The molecule has 0 amide bonds. The van der Waals surface area contributed by atoms with Crippen LogP contribution in [0.5, 0.6) is 5.75 Å². The Balaban J connectivity index is 0.000000161. The zero-order chi connectivity index (χ0) is 95.4. The van der Waals surface area contributed by atoms with Gasteiger partial charge in [0, 0.05) is 0 Å². The van der Waals surface area contributed by atoms with E-state index < -0.39 is 129 Å². The summed E-state index contributed by atoms with van der Waals surface area (Å²) in [6.45, 7) is 12.5. The zero-order valence-corrected chi connectivity index (χ0v) is 75.7. The number of hydrogen-bond acceptors (Lipinski definition) is 14. The van der Waals surface area contributed by atoms with Crippen molar-refractivity contribution in [2.45, 2.75) is 227 Å². The topological polar surface area (TPSA) is 233 Å². The van der Waals surface area contributed by atoms with Crippen molar-refractivity contribution in [1.82, 2.24) is 0 Å². The van der Waals surface area contributed by atoms with Crippen LogP contribution in [0, 0.1) is 46.3 Å². The molecule has 0 aliphatic heterocycles. The maximum Gasteiger partial charge on any atom is 0.438 e. The van der Waals surface area contributed by atoms with Gasteiger partial charge in [0.05, 0.1) is 59.4 Å². The molecule has 9 aromatic carbocycles. The van der Waals surface area contributed by atoms with E-state index in [0.717, 1.165) is 71.6 Å². The van der Waals surface area contributed by atoms with E-state index in [-0.39, 0.29) is 107 Å². The summed E-state index contributed by atoms with van der Waals surface area (Å²) in [7, 11) is -20.1. The molecule has 9 aromatic rings. The lowest BCUT2D eigenvalue weighted by Crippen LogP contribution is -2.65. The van der Waals surface area contributed by atoms with Crippen LogP contribution in [0.15, 0.2) is 299 Å². The highest BCUT2D eigenvalue weighted by Crippen LogP contribution is 2.63. The molecule has 8 saturated carbocycles. The van der Waals surface area contributed by atoms with Gasteiger partial charge >= 0.3 is 52.8 Å². The first-order chi connectivity index (χ1) is 60.3. The van der Waals surface area contributed by atoms with E-state index in [4.69, 9.17) is 0 Å². The number of halogens is 16. The smallest absolute Gasteiger partial charge is 0.438 e. The second-order valence-corrected chi connectivity index (χ2v) is 45.9. The molecule has 0 spiro atoms. The lowest BCUT2D eigenvalue weighted by molar-refractivity contribution is -0.364. The number of rotatable bonds is 21. The van der Waals surface area contributed by atoms with Crippen LogP contribution >= 0.6 is 0 Å². The van der Waals surface area contributed by atoms with Gasteiger partial charge in [0.1, 0.15) is 5.75 Å². The maximum atomic E-state index is 13.9. The lowest BCUT2D eigenvalue weighted by Gasteiger charge is -2.55. The van der Waals surface area contributed by atoms with E-state index in [9.17, 15) is 119 Å². The van der Waals surface area contributed by atoms with Crippen LogP contribution in [-0.4, -0.2) is 110 Å². The highest BCUT2D eigenvalue weighted by molar-refractivity contribution is 7.97. The third-order valence-electron chi connectivity index (χ3n) is 23.7. The SMILES string of the molecule is CC(C)(C)c1ccc([S+](c2ccc(OC(C(F)(F)F)C(F)(F)S(=O)(=O)[O-])cc2)c2ccc(C(C)(C)C)cc2)cc1.O=C(OC(C(F)(F)F)C(F)(F)S(=O)(=O)[O-])C12CC3CC(CC(C3)C1)C2.O=C(OC(CS(=O)(=O)[O-])(C(F)(F)F)C(F)(F)F)C12CC3CC(CC(C3)C1)C2.c1ccc([S+](c2ccccc2)c2ccccc2)cc1.c1ccc([S+](c2ccccc2)c2ccccc2)cc1. The number of alkyl halides is 16. The standard InChI is InChI=1S/C29H31F5O4S2.2C18H15S.C15H18F6O5S.C14H17F5O5S/c1-26(2,3)19-7-13-22(14-8-19)39(23-15-9-20(10-16-23)27(4,5)6)24-17-11-21(12-18-24)38-25(28(30,31)32)29(33,34)40(35,36)37;2*1-4-10-16(11-5-1)19(17-12-6-2-7-13-17)18-14-8-3-9-15-18;16-14(17,18)13(15(19,20)21,7-27(23,24)25)26-11(22)12-4-8-1-9(5-12)3-10(2-8)6-12;15-13(16,17)10(14(18,19)25(21,22)23)24-11(20)12-4-7-1-8(5-12)3-9(2-7)6-12/h7-18,25H,1-6H3;2*1-15H;8-10H,1-7H2,(H,23,24,25);7-10H,1-6H2,(H,21,22,23)/q;2*+1;;/p-2. The molecule has 8 fully saturated rings. The molecule has 0 saturated heterocycles. The number of carbonyl (C=O) groups excluding carboxylic acids is 2. The minimum atomic E-state index is -6.67. The average Bonchev–Trinajstić information content (AvgIpc) is 0.726. The summed E-state index contributed by atoms with van der Waals surface area (Å²) in [6, 6.07) is 85.2. The largest absolute Gasteiger partial charge is 0.748 e. The Morgan fingerprint density at radius 2 is 0.562 bits per heavy atom. The summed E-state index contributed by atoms with van der Waals surface area (Å²) < 4.78 is 323. The van der Waals surface area contributed by atoms with Crippen LogP contribution in [0.25, 0.3) is 0 Å². The second kappa shape index (κ2) is 39.5. The molecular weight excluding hydrogens is 1850 g/mol. The lowest BCUT2D eigenvalue weighted by atomic mass is 9.49. The Bertz CT molecular complexity index is 5190. The molecule has 2 unspecified atom stereocenters. The van der Waals surface area contributed by atoms with Gasteiger partial charge in [-0.25, -0.2) is 25.3 Å². The van der Waals surface area contributed by atoms with Gasteiger partial charge in [-0.1, -0.05) is 175 Å². The molecule has 0 N–H and O–H groups in total. The van der Waals surface area contributed by atoms with Crippen LogP contribution in [0.1, 0.15) is 130 Å². The van der Waals surface area contributed by atoms with Crippen molar-refractivity contribution in [3.05, 3.63) is 266 Å². The monoisotopic (exact) mass is 1940 g/mol. The molecule has 36 heteroatoms. The van der Waals surface area contributed by atoms with Crippen LogP contribution in [0.2, 0.25) is 0 Å². The van der Waals surface area contributed by atoms with E-state index in [1.165, 1.54) is 41.5 Å². The fourth-order valence-electron chi connectivity index (χ4n) is 18.4. The molecule has 130 heavy (non-hydrogen) atoms. The maximum absolute atomic E-state index is 13.9. The first-order valence-electron chi connectivity index (χ1n) is 41.2. The van der Waals surface area contributed by atoms with Crippen molar-refractivity contribution in [2.24, 2.45) is 46.3 Å². The minimum Gasteiger partial charge on any atom is -0.748 e. The minimum absolute atomic E-state index is 0.0146. The second-order valence-electron chi connectivity index (χ2n) is 35.5. The van der Waals surface area contributed by atoms with Crippen LogP contribution in [0.4, 0.5) is 70.2 Å². The Hall–Kier alpha value is -8.62. The van der Waals surface area contributed by atoms with Crippen molar-refractivity contribution in [1.29, 1.82) is 0 Å². The number of benzene rings is 9. The Morgan fingerprint density at radius 1 is 0.338 bits per heavy atom. The molecule has 702 valence electrons. The predicted molar refractivity (Wildman–Crippen MR) is 454 cm³/mol. The van der Waals surface area contributed by atoms with Crippen molar-refractivity contribution < 1.29 is 133 Å². The van der Waals surface area contributed by atoms with Crippen molar-refractivity contribution >= 4 is 75.0 Å². The van der Waals surface area contributed by atoms with E-state index in [1.54, 1.807) is 0 Å². The van der Waals surface area contributed by atoms with Crippen LogP contribution in [-0.2, 0) is 92.9 Å². The third kappa shape index (κ3) is 24.3. The molecule has 14 nitrogen and oxygen atoms in total. The van der Waals surface area contributed by atoms with Crippen molar-refractivity contribution in [2.75, 3.05) is 5.75 Å². The normalized spacial score (nSPS) is 21.5. The predicted octanol–water partition coefficient (Wildman–Crippen LogP) is 23.4. The summed E-state index contributed by atoms with van der Waals surface area (Å²) in [4.78, 5) is 35.6. The van der Waals surface area contributed by atoms with Gasteiger partial charge in [-0.2, -0.15) is 70.2 Å². The average molecular weight is 1940 g/mol. The van der Waals surface area contributed by atoms with Gasteiger partial charge in [-0.3, -0.25) is 9.59 Å². The molecule has 17 rings (SSSR count). The third-order valence-corrected chi connectivity index (χ3v) is 32.9. The number of hydrogen-bond donors (Lipinski definition) is 0. The Labute approximate surface area is 753 Å². The molecule has 0 heterocycles.